The van der Waals surface area contributed by atoms with E-state index < -0.39 is 18.2 Å². The molecule has 1 fully saturated rings. The lowest BCUT2D eigenvalue weighted by Crippen LogP contribution is -2.49. The van der Waals surface area contributed by atoms with Crippen molar-refractivity contribution >= 4 is 23.2 Å². The van der Waals surface area contributed by atoms with Crippen molar-refractivity contribution in [3.63, 3.8) is 0 Å². The SMILES string of the molecule is C=CCC[C@H](O)[C@@H](CC1CC1)C(=O)NC1N=C(c2ccccc2)c2ccccc2N(C)C1=O. The number of allylic oxidation sites excluding steroid dienone is 1. The number of hydrogen-bond acceptors (Lipinski definition) is 4. The van der Waals surface area contributed by atoms with Gasteiger partial charge in [0.25, 0.3) is 5.91 Å². The standard InChI is InChI=1S/C27H31N3O3/c1-3-4-14-23(31)21(17-18-15-16-18)26(32)29-25-27(33)30(2)22-13-9-8-12-20(22)24(28-25)19-10-6-5-7-11-19/h3,5-13,18,21,23,25,31H,1,4,14-17H2,2H3,(H,29,32)/t21-,23+,25?/m1/s1. The second kappa shape index (κ2) is 10.1. The maximum atomic E-state index is 13.3. The second-order valence-electron chi connectivity index (χ2n) is 8.89. The minimum Gasteiger partial charge on any atom is -0.392 e. The average molecular weight is 446 g/mol. The van der Waals surface area contributed by atoms with Gasteiger partial charge < -0.3 is 15.3 Å². The van der Waals surface area contributed by atoms with Crippen LogP contribution in [0.4, 0.5) is 5.69 Å². The molecular weight excluding hydrogens is 414 g/mol. The Labute approximate surface area is 195 Å². The maximum Gasteiger partial charge on any atom is 0.272 e. The van der Waals surface area contributed by atoms with Crippen LogP contribution in [0.5, 0.6) is 0 Å². The van der Waals surface area contributed by atoms with Crippen LogP contribution in [0.15, 0.2) is 72.2 Å². The predicted octanol–water partition coefficient (Wildman–Crippen LogP) is 3.69. The first-order valence-electron chi connectivity index (χ1n) is 11.6. The van der Waals surface area contributed by atoms with E-state index in [1.54, 1.807) is 18.0 Å². The summed E-state index contributed by atoms with van der Waals surface area (Å²) in [7, 11) is 1.70. The Morgan fingerprint density at radius 1 is 1.21 bits per heavy atom. The molecule has 1 heterocycles. The average Bonchev–Trinajstić information content (AvgIpc) is 3.67. The predicted molar refractivity (Wildman–Crippen MR) is 130 cm³/mol. The quantitative estimate of drug-likeness (QED) is 0.578. The third kappa shape index (κ3) is 5.22. The third-order valence-electron chi connectivity index (χ3n) is 6.42. The van der Waals surface area contributed by atoms with Crippen LogP contribution < -0.4 is 10.2 Å². The smallest absolute Gasteiger partial charge is 0.272 e. The number of likely N-dealkylation sites (N-methyl/N-ethyl adjacent to an activating group) is 1. The van der Waals surface area contributed by atoms with Gasteiger partial charge in [0.05, 0.1) is 23.4 Å². The molecule has 3 atom stereocenters. The number of nitrogens with zero attached hydrogens (tertiary/aromatic N) is 2. The number of para-hydroxylation sites is 1. The molecule has 2 N–H and O–H groups in total. The van der Waals surface area contributed by atoms with Crippen LogP contribution >= 0.6 is 0 Å². The van der Waals surface area contributed by atoms with Crippen LogP contribution in [0.1, 0.15) is 43.2 Å². The Balaban J connectivity index is 1.66. The van der Waals surface area contributed by atoms with Crippen LogP contribution in [0.2, 0.25) is 0 Å². The van der Waals surface area contributed by atoms with Gasteiger partial charge in [0.15, 0.2) is 0 Å². The Bertz CT molecular complexity index is 1050. The number of aliphatic imine (C=N–C) groups is 1. The lowest BCUT2D eigenvalue weighted by atomic mass is 9.91. The first kappa shape index (κ1) is 22.9. The van der Waals surface area contributed by atoms with Gasteiger partial charge in [0.2, 0.25) is 12.1 Å². The summed E-state index contributed by atoms with van der Waals surface area (Å²) < 4.78 is 0. The van der Waals surface area contributed by atoms with Gasteiger partial charge in [-0.05, 0) is 31.2 Å². The van der Waals surface area contributed by atoms with E-state index in [-0.39, 0.29) is 11.8 Å². The molecule has 1 aliphatic heterocycles. The van der Waals surface area contributed by atoms with E-state index in [1.165, 1.54) is 0 Å². The number of aliphatic hydroxyl groups is 1. The summed E-state index contributed by atoms with van der Waals surface area (Å²) in [6.07, 6.45) is 3.77. The summed E-state index contributed by atoms with van der Waals surface area (Å²) in [6, 6.07) is 17.3. The number of fused-ring (bicyclic) bond motifs is 1. The molecule has 6 nitrogen and oxygen atoms in total. The monoisotopic (exact) mass is 445 g/mol. The van der Waals surface area contributed by atoms with Crippen molar-refractivity contribution in [3.05, 3.63) is 78.4 Å². The highest BCUT2D eigenvalue weighted by Gasteiger charge is 2.37. The van der Waals surface area contributed by atoms with E-state index in [9.17, 15) is 14.7 Å². The highest BCUT2D eigenvalue weighted by Crippen LogP contribution is 2.37. The Kier molecular flexibility index (Phi) is 7.04. The summed E-state index contributed by atoms with van der Waals surface area (Å²) in [6.45, 7) is 3.71. The summed E-state index contributed by atoms with van der Waals surface area (Å²) in [5.41, 5.74) is 3.09. The molecule has 0 saturated heterocycles. The first-order chi connectivity index (χ1) is 16.0. The number of amides is 2. The number of aliphatic hydroxyl groups excluding tert-OH is 1. The van der Waals surface area contributed by atoms with Crippen molar-refractivity contribution in [2.24, 2.45) is 16.8 Å². The van der Waals surface area contributed by atoms with Crippen LogP contribution in [0.3, 0.4) is 0 Å². The molecule has 33 heavy (non-hydrogen) atoms. The van der Waals surface area contributed by atoms with Crippen LogP contribution in [-0.2, 0) is 9.59 Å². The zero-order valence-electron chi connectivity index (χ0n) is 19.0. The van der Waals surface area contributed by atoms with Gasteiger partial charge in [-0.3, -0.25) is 9.59 Å². The highest BCUT2D eigenvalue weighted by molar-refractivity contribution is 6.20. The molecule has 6 heteroatoms. The first-order valence-corrected chi connectivity index (χ1v) is 11.6. The molecule has 1 saturated carbocycles. The molecule has 1 aliphatic carbocycles. The maximum absolute atomic E-state index is 13.3. The molecule has 4 rings (SSSR count). The molecule has 0 bridgehead atoms. The zero-order chi connectivity index (χ0) is 23.4. The van der Waals surface area contributed by atoms with Crippen molar-refractivity contribution in [1.29, 1.82) is 0 Å². The van der Waals surface area contributed by atoms with Crippen molar-refractivity contribution < 1.29 is 14.7 Å². The Morgan fingerprint density at radius 2 is 1.91 bits per heavy atom. The van der Waals surface area contributed by atoms with Gasteiger partial charge in [0, 0.05) is 18.2 Å². The van der Waals surface area contributed by atoms with Crippen molar-refractivity contribution in [2.45, 2.75) is 44.4 Å². The van der Waals surface area contributed by atoms with Gasteiger partial charge in [-0.2, -0.15) is 0 Å². The summed E-state index contributed by atoms with van der Waals surface area (Å²) >= 11 is 0. The fourth-order valence-electron chi connectivity index (χ4n) is 4.33. The number of rotatable bonds is 9. The lowest BCUT2D eigenvalue weighted by molar-refractivity contribution is -0.133. The summed E-state index contributed by atoms with van der Waals surface area (Å²) in [5.74, 6) is -0.754. The van der Waals surface area contributed by atoms with E-state index in [0.29, 0.717) is 30.9 Å². The van der Waals surface area contributed by atoms with Crippen LogP contribution in [0, 0.1) is 11.8 Å². The van der Waals surface area contributed by atoms with Gasteiger partial charge in [-0.25, -0.2) is 4.99 Å². The van der Waals surface area contributed by atoms with Crippen molar-refractivity contribution in [3.8, 4) is 0 Å². The molecule has 2 aromatic rings. The number of carbonyl (C=O) groups excluding carboxylic acids is 2. The molecule has 2 amide bonds. The molecule has 1 unspecified atom stereocenters. The molecule has 172 valence electrons. The van der Waals surface area contributed by atoms with E-state index >= 15 is 0 Å². The van der Waals surface area contributed by atoms with Crippen LogP contribution in [-0.4, -0.2) is 41.9 Å². The van der Waals surface area contributed by atoms with E-state index in [4.69, 9.17) is 4.99 Å². The highest BCUT2D eigenvalue weighted by atomic mass is 16.3. The molecule has 2 aromatic carbocycles. The van der Waals surface area contributed by atoms with Crippen molar-refractivity contribution in [2.75, 3.05) is 11.9 Å². The zero-order valence-corrected chi connectivity index (χ0v) is 19.0. The largest absolute Gasteiger partial charge is 0.392 e. The number of carbonyl (C=O) groups is 2. The van der Waals surface area contributed by atoms with Gasteiger partial charge >= 0.3 is 0 Å². The molecule has 0 spiro atoms. The van der Waals surface area contributed by atoms with E-state index in [0.717, 1.165) is 29.7 Å². The molecule has 2 aliphatic rings. The number of anilines is 1. The second-order valence-corrected chi connectivity index (χ2v) is 8.89. The third-order valence-corrected chi connectivity index (χ3v) is 6.42. The topological polar surface area (TPSA) is 82.0 Å². The fourth-order valence-corrected chi connectivity index (χ4v) is 4.33. The fraction of sp³-hybridized carbons (Fsp3) is 0.370. The number of hydrogen-bond donors (Lipinski definition) is 2. The lowest BCUT2D eigenvalue weighted by Gasteiger charge is -2.25. The van der Waals surface area contributed by atoms with Gasteiger partial charge in [-0.15, -0.1) is 6.58 Å². The minimum atomic E-state index is -1.07. The Hall–Kier alpha value is -3.25. The number of benzodiazepines with no additional fused rings is 1. The normalized spacial score (nSPS) is 19.7. The van der Waals surface area contributed by atoms with Crippen molar-refractivity contribution in [1.82, 2.24) is 5.32 Å². The van der Waals surface area contributed by atoms with Gasteiger partial charge in [0.1, 0.15) is 0 Å². The summed E-state index contributed by atoms with van der Waals surface area (Å²) in [5, 5.41) is 13.6. The number of benzene rings is 2. The summed E-state index contributed by atoms with van der Waals surface area (Å²) in [4.78, 5) is 33.0. The van der Waals surface area contributed by atoms with Gasteiger partial charge in [-0.1, -0.05) is 67.4 Å². The van der Waals surface area contributed by atoms with Crippen LogP contribution in [0.25, 0.3) is 0 Å². The molecule has 0 aromatic heterocycles. The Morgan fingerprint density at radius 3 is 2.61 bits per heavy atom. The van der Waals surface area contributed by atoms with E-state index in [2.05, 4.69) is 11.9 Å². The molecule has 0 radical (unpaired) electrons. The van der Waals surface area contributed by atoms with E-state index in [1.807, 2.05) is 54.6 Å². The number of nitrogens with one attached hydrogen (secondary N) is 1. The molecular formula is C27H31N3O3. The minimum absolute atomic E-state index is 0.313.